The van der Waals surface area contributed by atoms with E-state index < -0.39 is 0 Å². The molecule has 178 valence electrons. The molecule has 35 heavy (non-hydrogen) atoms. The summed E-state index contributed by atoms with van der Waals surface area (Å²) in [6.07, 6.45) is 4.46. The molecular formula is C26H24ClN5O3. The molecule has 4 aromatic rings. The molecule has 2 aliphatic rings. The average molecular weight is 490 g/mol. The molecule has 0 saturated heterocycles. The number of ether oxygens (including phenoxy) is 2. The maximum atomic E-state index is 13.0. The third-order valence-electron chi connectivity index (χ3n) is 6.53. The fourth-order valence-corrected chi connectivity index (χ4v) is 4.70. The van der Waals surface area contributed by atoms with Gasteiger partial charge in [-0.25, -0.2) is 4.98 Å². The smallest absolute Gasteiger partial charge is 0.255 e. The molecule has 0 spiro atoms. The number of H-pyrrole nitrogens is 1. The van der Waals surface area contributed by atoms with Gasteiger partial charge in [0.25, 0.3) is 5.91 Å². The van der Waals surface area contributed by atoms with E-state index in [1.54, 1.807) is 19.4 Å². The predicted octanol–water partition coefficient (Wildman–Crippen LogP) is 5.25. The van der Waals surface area contributed by atoms with Crippen LogP contribution in [-0.2, 0) is 6.42 Å². The van der Waals surface area contributed by atoms with Crippen LogP contribution in [0.3, 0.4) is 0 Å². The molecule has 1 fully saturated rings. The summed E-state index contributed by atoms with van der Waals surface area (Å²) in [6.45, 7) is 2.65. The highest BCUT2D eigenvalue weighted by Gasteiger charge is 2.40. The Morgan fingerprint density at radius 3 is 2.83 bits per heavy atom. The fourth-order valence-electron chi connectivity index (χ4n) is 4.45. The number of hydrogen-bond acceptors (Lipinski definition) is 6. The van der Waals surface area contributed by atoms with Gasteiger partial charge in [-0.2, -0.15) is 0 Å². The van der Waals surface area contributed by atoms with Crippen molar-refractivity contribution in [1.29, 1.82) is 0 Å². The second-order valence-electron chi connectivity index (χ2n) is 9.11. The fraction of sp³-hybridized carbons (Fsp3) is 0.269. The van der Waals surface area contributed by atoms with Crippen molar-refractivity contribution in [1.82, 2.24) is 20.3 Å². The maximum Gasteiger partial charge on any atom is 0.255 e. The Labute approximate surface area is 207 Å². The van der Waals surface area contributed by atoms with Crippen molar-refractivity contribution in [3.8, 4) is 22.9 Å². The van der Waals surface area contributed by atoms with Crippen LogP contribution in [0, 0.1) is 0 Å². The zero-order valence-corrected chi connectivity index (χ0v) is 20.1. The number of aromatic nitrogens is 3. The zero-order chi connectivity index (χ0) is 24.2. The lowest BCUT2D eigenvalue weighted by Crippen LogP contribution is -2.31. The van der Waals surface area contributed by atoms with Crippen LogP contribution in [0.1, 0.15) is 35.8 Å². The number of methoxy groups -OCH3 is 1. The van der Waals surface area contributed by atoms with Gasteiger partial charge in [-0.05, 0) is 44.0 Å². The molecule has 6 rings (SSSR count). The highest BCUT2D eigenvalue weighted by Crippen LogP contribution is 2.43. The number of anilines is 2. The van der Waals surface area contributed by atoms with Gasteiger partial charge < -0.3 is 25.1 Å². The van der Waals surface area contributed by atoms with Gasteiger partial charge in [-0.15, -0.1) is 0 Å². The van der Waals surface area contributed by atoms with E-state index in [2.05, 4.69) is 27.5 Å². The minimum atomic E-state index is -0.150. The lowest BCUT2D eigenvalue weighted by Gasteiger charge is -2.17. The maximum absolute atomic E-state index is 13.0. The number of para-hydroxylation sites is 1. The van der Waals surface area contributed by atoms with Crippen LogP contribution in [0.15, 0.2) is 42.6 Å². The number of aromatic amines is 1. The summed E-state index contributed by atoms with van der Waals surface area (Å²) in [5, 5.41) is 6.83. The van der Waals surface area contributed by atoms with Gasteiger partial charge in [0.15, 0.2) is 5.75 Å². The molecule has 0 radical (unpaired) electrons. The largest absolute Gasteiger partial charge is 0.493 e. The highest BCUT2D eigenvalue weighted by atomic mass is 35.5. The standard InChI is InChI=1S/C26H24ClN5O3/c1-26(10-11-26)35-19-7-6-17-21(32-19)14(8-12-28-17)22-23(20-16(30-22)9-13-29-25(20)33)31-18-5-3-4-15(27)24(18)34-2/h3-8,12,30-31H,9-11,13H2,1-2H3,(H,29,33). The monoisotopic (exact) mass is 489 g/mol. The number of nitrogens with one attached hydrogen (secondary N) is 3. The number of amides is 1. The summed E-state index contributed by atoms with van der Waals surface area (Å²) < 4.78 is 11.7. The van der Waals surface area contributed by atoms with E-state index in [1.807, 2.05) is 30.3 Å². The minimum Gasteiger partial charge on any atom is -0.493 e. The van der Waals surface area contributed by atoms with Gasteiger partial charge in [0.1, 0.15) is 11.1 Å². The first-order valence-electron chi connectivity index (χ1n) is 11.5. The van der Waals surface area contributed by atoms with E-state index in [4.69, 9.17) is 26.1 Å². The molecule has 0 unspecified atom stereocenters. The van der Waals surface area contributed by atoms with Crippen LogP contribution >= 0.6 is 11.6 Å². The summed E-state index contributed by atoms with van der Waals surface area (Å²) in [6, 6.07) is 11.1. The SMILES string of the molecule is COc1c(Cl)cccc1Nc1c(-c2ccnc3ccc(OC4(C)CC4)nc23)[nH]c2c1C(=O)NCC2. The molecule has 1 saturated carbocycles. The number of rotatable bonds is 6. The Kier molecular flexibility index (Phi) is 5.07. The van der Waals surface area contributed by atoms with Crippen molar-refractivity contribution in [3.05, 3.63) is 58.9 Å². The Bertz CT molecular complexity index is 1480. The summed E-state index contributed by atoms with van der Waals surface area (Å²) in [5.74, 6) is 0.915. The number of fused-ring (bicyclic) bond motifs is 2. The van der Waals surface area contributed by atoms with E-state index in [0.717, 1.165) is 35.3 Å². The quantitative estimate of drug-likeness (QED) is 0.342. The van der Waals surface area contributed by atoms with Crippen LogP contribution in [0.5, 0.6) is 11.6 Å². The molecule has 0 atom stereocenters. The van der Waals surface area contributed by atoms with E-state index in [0.29, 0.717) is 52.1 Å². The zero-order valence-electron chi connectivity index (χ0n) is 19.4. The predicted molar refractivity (Wildman–Crippen MR) is 135 cm³/mol. The molecule has 9 heteroatoms. The van der Waals surface area contributed by atoms with Crippen molar-refractivity contribution in [3.63, 3.8) is 0 Å². The second kappa shape index (κ2) is 8.16. The summed E-state index contributed by atoms with van der Waals surface area (Å²) >= 11 is 6.37. The third-order valence-corrected chi connectivity index (χ3v) is 6.83. The number of carbonyl (C=O) groups is 1. The van der Waals surface area contributed by atoms with Crippen LogP contribution < -0.4 is 20.1 Å². The lowest BCUT2D eigenvalue weighted by molar-refractivity contribution is 0.0947. The molecule has 3 N–H and O–H groups in total. The molecule has 1 aliphatic carbocycles. The Balaban J connectivity index is 1.54. The molecule has 4 heterocycles. The highest BCUT2D eigenvalue weighted by molar-refractivity contribution is 6.32. The number of pyridine rings is 2. The van der Waals surface area contributed by atoms with Gasteiger partial charge in [0, 0.05) is 36.5 Å². The van der Waals surface area contributed by atoms with Crippen LogP contribution in [0.2, 0.25) is 5.02 Å². The van der Waals surface area contributed by atoms with Crippen molar-refractivity contribution < 1.29 is 14.3 Å². The molecule has 1 aliphatic heterocycles. The number of nitrogens with zero attached hydrogens (tertiary/aromatic N) is 2. The number of benzene rings is 1. The topological polar surface area (TPSA) is 101 Å². The van der Waals surface area contributed by atoms with Crippen LogP contribution in [0.25, 0.3) is 22.3 Å². The summed E-state index contributed by atoms with van der Waals surface area (Å²) in [7, 11) is 1.56. The second-order valence-corrected chi connectivity index (χ2v) is 9.52. The number of carbonyl (C=O) groups excluding carboxylic acids is 1. The van der Waals surface area contributed by atoms with Crippen molar-refractivity contribution in [2.75, 3.05) is 19.0 Å². The molecular weight excluding hydrogens is 466 g/mol. The Hall–Kier alpha value is -3.78. The van der Waals surface area contributed by atoms with E-state index in [1.165, 1.54) is 0 Å². The Morgan fingerprint density at radius 1 is 1.17 bits per heavy atom. The summed E-state index contributed by atoms with van der Waals surface area (Å²) in [4.78, 5) is 25.8. The van der Waals surface area contributed by atoms with Gasteiger partial charge in [0.2, 0.25) is 5.88 Å². The third kappa shape index (κ3) is 3.83. The molecule has 0 bridgehead atoms. The van der Waals surface area contributed by atoms with Gasteiger partial charge >= 0.3 is 0 Å². The molecule has 1 aromatic carbocycles. The van der Waals surface area contributed by atoms with E-state index in [-0.39, 0.29) is 11.5 Å². The normalized spacial score (nSPS) is 15.9. The van der Waals surface area contributed by atoms with E-state index >= 15 is 0 Å². The van der Waals surface area contributed by atoms with Crippen molar-refractivity contribution in [2.45, 2.75) is 31.8 Å². The van der Waals surface area contributed by atoms with E-state index in [9.17, 15) is 4.79 Å². The average Bonchev–Trinajstić information content (AvgIpc) is 3.45. The Morgan fingerprint density at radius 2 is 2.03 bits per heavy atom. The van der Waals surface area contributed by atoms with Crippen molar-refractivity contribution >= 4 is 39.9 Å². The van der Waals surface area contributed by atoms with Gasteiger partial charge in [0.05, 0.1) is 40.3 Å². The molecule has 3 aromatic heterocycles. The first kappa shape index (κ1) is 21.7. The first-order valence-corrected chi connectivity index (χ1v) is 11.9. The first-order chi connectivity index (χ1) is 17.0. The minimum absolute atomic E-state index is 0.144. The number of hydrogen-bond donors (Lipinski definition) is 3. The lowest BCUT2D eigenvalue weighted by atomic mass is 10.0. The van der Waals surface area contributed by atoms with Gasteiger partial charge in [-0.1, -0.05) is 17.7 Å². The molecule has 8 nitrogen and oxygen atoms in total. The van der Waals surface area contributed by atoms with Crippen LogP contribution in [0.4, 0.5) is 11.4 Å². The van der Waals surface area contributed by atoms with Gasteiger partial charge in [-0.3, -0.25) is 9.78 Å². The van der Waals surface area contributed by atoms with Crippen molar-refractivity contribution in [2.24, 2.45) is 0 Å². The molecule has 1 amide bonds. The van der Waals surface area contributed by atoms with Crippen LogP contribution in [-0.4, -0.2) is 40.1 Å². The summed E-state index contributed by atoms with van der Waals surface area (Å²) in [5.41, 5.74) is 5.53. The number of halogens is 1.